The average Bonchev–Trinajstić information content (AvgIpc) is 2.66. The number of nitrogens with zero attached hydrogens (tertiary/aromatic N) is 2. The van der Waals surface area contributed by atoms with Gasteiger partial charge >= 0.3 is 5.97 Å². The number of aromatic nitrogens is 2. The van der Waals surface area contributed by atoms with Gasteiger partial charge in [0.1, 0.15) is 0 Å². The van der Waals surface area contributed by atoms with Crippen molar-refractivity contribution in [2.45, 2.75) is 26.7 Å². The molecule has 1 aromatic carbocycles. The van der Waals surface area contributed by atoms with E-state index < -0.39 is 5.97 Å². The van der Waals surface area contributed by atoms with Gasteiger partial charge in [-0.15, -0.1) is 0 Å². The smallest absolute Gasteiger partial charge is 0.357 e. The van der Waals surface area contributed by atoms with Gasteiger partial charge in [-0.3, -0.25) is 0 Å². The maximum Gasteiger partial charge on any atom is 0.357 e. The molecule has 1 aromatic heterocycles. The number of benzene rings is 1. The van der Waals surface area contributed by atoms with Crippen molar-refractivity contribution in [1.29, 1.82) is 0 Å². The van der Waals surface area contributed by atoms with Gasteiger partial charge in [-0.1, -0.05) is 29.8 Å². The second-order valence-corrected chi connectivity index (χ2v) is 6.56. The second kappa shape index (κ2) is 5.69. The molecule has 0 unspecified atom stereocenters. The quantitative estimate of drug-likeness (QED) is 0.821. The van der Waals surface area contributed by atoms with Gasteiger partial charge in [-0.25, -0.2) is 9.48 Å². The highest BCUT2D eigenvalue weighted by Gasteiger charge is 2.24. The number of aromatic carboxylic acids is 1. The third-order valence-corrected chi connectivity index (χ3v) is 4.27. The zero-order valence-electron chi connectivity index (χ0n) is 11.3. The van der Waals surface area contributed by atoms with Crippen LogP contribution in [0.1, 0.15) is 41.5 Å². The molecule has 0 aliphatic heterocycles. The molecular weight excluding hydrogens is 388 g/mol. The van der Waals surface area contributed by atoms with Crippen LogP contribution in [0.5, 0.6) is 0 Å². The first-order chi connectivity index (χ1) is 9.32. The van der Waals surface area contributed by atoms with E-state index in [1.807, 2.05) is 39.0 Å². The van der Waals surface area contributed by atoms with Crippen LogP contribution >= 0.6 is 31.9 Å². The van der Waals surface area contributed by atoms with Gasteiger partial charge < -0.3 is 5.11 Å². The lowest BCUT2D eigenvalue weighted by molar-refractivity contribution is 0.0689. The van der Waals surface area contributed by atoms with Gasteiger partial charge in [0.25, 0.3) is 0 Å². The minimum atomic E-state index is -1.03. The first-order valence-electron chi connectivity index (χ1n) is 6.11. The molecule has 1 N–H and O–H groups in total. The van der Waals surface area contributed by atoms with Crippen molar-refractivity contribution >= 4 is 37.8 Å². The van der Waals surface area contributed by atoms with E-state index in [1.54, 1.807) is 4.68 Å². The summed E-state index contributed by atoms with van der Waals surface area (Å²) >= 11 is 6.79. The summed E-state index contributed by atoms with van der Waals surface area (Å²) < 4.78 is 3.23. The van der Waals surface area contributed by atoms with Crippen LogP contribution in [0, 0.1) is 6.92 Å². The van der Waals surface area contributed by atoms with E-state index >= 15 is 0 Å². The number of hydrogen-bond donors (Lipinski definition) is 1. The number of rotatable bonds is 3. The molecule has 106 valence electrons. The fourth-order valence-corrected chi connectivity index (χ4v) is 3.44. The first kappa shape index (κ1) is 15.3. The van der Waals surface area contributed by atoms with Crippen molar-refractivity contribution in [1.82, 2.24) is 9.78 Å². The Hall–Kier alpha value is -1.14. The highest BCUT2D eigenvalue weighted by molar-refractivity contribution is 9.10. The summed E-state index contributed by atoms with van der Waals surface area (Å²) in [6, 6.07) is 5.83. The molecular formula is C14H14Br2N2O2. The minimum absolute atomic E-state index is 0.0380. The van der Waals surface area contributed by atoms with Crippen molar-refractivity contribution in [2.75, 3.05) is 0 Å². The van der Waals surface area contributed by atoms with Crippen LogP contribution in [0.2, 0.25) is 0 Å². The monoisotopic (exact) mass is 400 g/mol. The number of aryl methyl sites for hydroxylation is 1. The molecule has 0 saturated heterocycles. The van der Waals surface area contributed by atoms with Crippen LogP contribution in [-0.2, 0) is 0 Å². The lowest BCUT2D eigenvalue weighted by atomic mass is 10.1. The largest absolute Gasteiger partial charge is 0.476 e. The summed E-state index contributed by atoms with van der Waals surface area (Å²) in [5.74, 6) is -0.889. The number of hydrogen-bond acceptors (Lipinski definition) is 2. The molecule has 1 heterocycles. The van der Waals surface area contributed by atoms with Gasteiger partial charge in [-0.05, 0) is 52.5 Å². The lowest BCUT2D eigenvalue weighted by Gasteiger charge is -2.13. The Morgan fingerprint density at radius 3 is 2.50 bits per heavy atom. The number of halogens is 2. The molecule has 4 nitrogen and oxygen atoms in total. The zero-order valence-corrected chi connectivity index (χ0v) is 14.5. The van der Waals surface area contributed by atoms with Crippen molar-refractivity contribution in [3.63, 3.8) is 0 Å². The van der Waals surface area contributed by atoms with E-state index in [-0.39, 0.29) is 11.6 Å². The maximum absolute atomic E-state index is 11.3. The molecule has 0 fully saturated rings. The molecule has 0 spiro atoms. The van der Waals surface area contributed by atoms with Crippen LogP contribution < -0.4 is 0 Å². The van der Waals surface area contributed by atoms with Crippen LogP contribution in [-0.4, -0.2) is 20.9 Å². The van der Waals surface area contributed by atoms with E-state index in [0.29, 0.717) is 4.47 Å². The Labute approximate surface area is 134 Å². The topological polar surface area (TPSA) is 55.1 Å². The Bertz CT molecular complexity index is 678. The number of carboxylic acids is 1. The molecule has 0 atom stereocenters. The van der Waals surface area contributed by atoms with Gasteiger partial charge in [0, 0.05) is 4.47 Å². The summed E-state index contributed by atoms with van der Waals surface area (Å²) in [5, 5.41) is 13.5. The Balaban J connectivity index is 2.73. The maximum atomic E-state index is 11.3. The predicted octanol–water partition coefficient (Wildman–Crippen LogP) is 4.53. The minimum Gasteiger partial charge on any atom is -0.476 e. The zero-order chi connectivity index (χ0) is 15.0. The summed E-state index contributed by atoms with van der Waals surface area (Å²) in [7, 11) is 0. The van der Waals surface area contributed by atoms with E-state index in [9.17, 15) is 9.90 Å². The molecule has 0 aliphatic carbocycles. The third kappa shape index (κ3) is 2.67. The molecule has 0 aliphatic rings. The first-order valence-corrected chi connectivity index (χ1v) is 7.69. The molecule has 6 heteroatoms. The molecule has 20 heavy (non-hydrogen) atoms. The van der Waals surface area contributed by atoms with Gasteiger partial charge in [0.2, 0.25) is 0 Å². The Morgan fingerprint density at radius 1 is 1.35 bits per heavy atom. The van der Waals surface area contributed by atoms with Crippen LogP contribution in [0.25, 0.3) is 5.69 Å². The third-order valence-electron chi connectivity index (χ3n) is 3.00. The normalized spacial score (nSPS) is 11.1. The Kier molecular flexibility index (Phi) is 4.34. The highest BCUT2D eigenvalue weighted by Crippen LogP contribution is 2.31. The van der Waals surface area contributed by atoms with Crippen molar-refractivity contribution < 1.29 is 9.90 Å². The molecule has 0 radical (unpaired) electrons. The average molecular weight is 402 g/mol. The second-order valence-electron chi connectivity index (χ2n) is 4.85. The number of carboxylic acid groups (broad SMARTS) is 1. The fraction of sp³-hybridized carbons (Fsp3) is 0.286. The van der Waals surface area contributed by atoms with Gasteiger partial charge in [0.05, 0.1) is 15.9 Å². The van der Waals surface area contributed by atoms with E-state index in [2.05, 4.69) is 37.0 Å². The molecule has 2 aromatic rings. The molecule has 0 bridgehead atoms. The predicted molar refractivity (Wildman–Crippen MR) is 84.7 cm³/mol. The summed E-state index contributed by atoms with van der Waals surface area (Å²) in [6.45, 7) is 6.00. The molecule has 0 amide bonds. The van der Waals surface area contributed by atoms with Crippen molar-refractivity contribution in [3.05, 3.63) is 44.1 Å². The SMILES string of the molecule is Cc1cc(Br)ccc1-n1nc(C(=O)O)c(Br)c1C(C)C. The highest BCUT2D eigenvalue weighted by atomic mass is 79.9. The van der Waals surface area contributed by atoms with E-state index in [0.717, 1.165) is 21.4 Å². The van der Waals surface area contributed by atoms with E-state index in [4.69, 9.17) is 0 Å². The van der Waals surface area contributed by atoms with Crippen LogP contribution in [0.4, 0.5) is 0 Å². The molecule has 0 saturated carbocycles. The fourth-order valence-electron chi connectivity index (χ4n) is 2.09. The Morgan fingerprint density at radius 2 is 2.00 bits per heavy atom. The van der Waals surface area contributed by atoms with Crippen molar-refractivity contribution in [2.24, 2.45) is 0 Å². The molecule has 2 rings (SSSR count). The van der Waals surface area contributed by atoms with Gasteiger partial charge in [0.15, 0.2) is 5.69 Å². The van der Waals surface area contributed by atoms with E-state index in [1.165, 1.54) is 0 Å². The summed E-state index contributed by atoms with van der Waals surface area (Å²) in [5.41, 5.74) is 2.79. The van der Waals surface area contributed by atoms with Crippen LogP contribution in [0.3, 0.4) is 0 Å². The summed E-state index contributed by atoms with van der Waals surface area (Å²) in [6.07, 6.45) is 0. The van der Waals surface area contributed by atoms with Gasteiger partial charge in [-0.2, -0.15) is 5.10 Å². The summed E-state index contributed by atoms with van der Waals surface area (Å²) in [4.78, 5) is 11.3. The van der Waals surface area contributed by atoms with Crippen LogP contribution in [0.15, 0.2) is 27.1 Å². The lowest BCUT2D eigenvalue weighted by Crippen LogP contribution is -2.06. The standard InChI is InChI=1S/C14H14Br2N2O2/c1-7(2)13-11(16)12(14(19)20)17-18(13)10-5-4-9(15)6-8(10)3/h4-7H,1-3H3,(H,19,20). The number of carbonyl (C=O) groups is 1. The van der Waals surface area contributed by atoms with Crippen molar-refractivity contribution in [3.8, 4) is 5.69 Å².